The summed E-state index contributed by atoms with van der Waals surface area (Å²) in [6, 6.07) is 20.5. The Morgan fingerprint density at radius 2 is 1.48 bits per heavy atom. The van der Waals surface area contributed by atoms with Crippen LogP contribution in [0.25, 0.3) is 0 Å². The number of para-hydroxylation sites is 1. The predicted molar refractivity (Wildman–Crippen MR) is 160 cm³/mol. The van der Waals surface area contributed by atoms with Crippen molar-refractivity contribution in [1.82, 2.24) is 9.80 Å². The van der Waals surface area contributed by atoms with Crippen LogP contribution in [0.1, 0.15) is 45.5 Å². The second kappa shape index (κ2) is 9.68. The topological polar surface area (TPSA) is 63.6 Å². The molecule has 0 saturated heterocycles. The minimum absolute atomic E-state index is 0.0735. The minimum atomic E-state index is 0.0735. The van der Waals surface area contributed by atoms with Crippen molar-refractivity contribution in [3.63, 3.8) is 0 Å². The normalized spacial score (nSPS) is 20.6. The van der Waals surface area contributed by atoms with Crippen molar-refractivity contribution in [1.29, 1.82) is 0 Å². The van der Waals surface area contributed by atoms with Crippen molar-refractivity contribution in [3.8, 4) is 46.0 Å². The monoisotopic (exact) mass is 562 g/mol. The fraction of sp³-hybridized carbons (Fsp3) is 0.314. The zero-order valence-electron chi connectivity index (χ0n) is 24.1. The third kappa shape index (κ3) is 4.02. The van der Waals surface area contributed by atoms with Gasteiger partial charge in [-0.25, -0.2) is 0 Å². The zero-order chi connectivity index (χ0) is 28.5. The summed E-state index contributed by atoms with van der Waals surface area (Å²) in [4.78, 5) is 4.78. The van der Waals surface area contributed by atoms with E-state index in [9.17, 15) is 5.11 Å². The lowest BCUT2D eigenvalue weighted by Gasteiger charge is -2.38. The van der Waals surface area contributed by atoms with Gasteiger partial charge in [0.2, 0.25) is 5.75 Å². The van der Waals surface area contributed by atoms with Crippen molar-refractivity contribution < 1.29 is 24.1 Å². The highest BCUT2D eigenvalue weighted by Gasteiger charge is 2.37. The van der Waals surface area contributed by atoms with Gasteiger partial charge in [0.1, 0.15) is 5.75 Å². The van der Waals surface area contributed by atoms with Crippen molar-refractivity contribution in [2.24, 2.45) is 0 Å². The van der Waals surface area contributed by atoms with Gasteiger partial charge in [-0.15, -0.1) is 0 Å². The fourth-order valence-corrected chi connectivity index (χ4v) is 7.11. The summed E-state index contributed by atoms with van der Waals surface area (Å²) in [6.45, 7) is 1.85. The van der Waals surface area contributed by atoms with Gasteiger partial charge in [0.15, 0.2) is 34.5 Å². The zero-order valence-corrected chi connectivity index (χ0v) is 24.1. The molecule has 5 bridgehead atoms. The van der Waals surface area contributed by atoms with E-state index in [1.54, 1.807) is 13.2 Å². The molecule has 214 valence electrons. The summed E-state index contributed by atoms with van der Waals surface area (Å²) in [5.41, 5.74) is 7.00. The highest BCUT2D eigenvalue weighted by atomic mass is 16.6. The van der Waals surface area contributed by atoms with E-state index in [1.807, 2.05) is 24.3 Å². The molecule has 9 rings (SSSR count). The van der Waals surface area contributed by atoms with E-state index in [0.717, 1.165) is 55.2 Å². The Hall–Kier alpha value is -4.20. The van der Waals surface area contributed by atoms with Crippen molar-refractivity contribution in [2.45, 2.75) is 37.8 Å². The van der Waals surface area contributed by atoms with Crippen molar-refractivity contribution >= 4 is 0 Å². The number of fused-ring (bicyclic) bond motifs is 2. The second-order valence-corrected chi connectivity index (χ2v) is 11.9. The number of hydrogen-bond acceptors (Lipinski definition) is 7. The first-order valence-corrected chi connectivity index (χ1v) is 14.7. The van der Waals surface area contributed by atoms with E-state index in [-0.39, 0.29) is 17.8 Å². The molecular formula is C35H34N2O5. The highest BCUT2D eigenvalue weighted by molar-refractivity contribution is 5.67. The lowest BCUT2D eigenvalue weighted by atomic mass is 9.87. The summed E-state index contributed by atoms with van der Waals surface area (Å²) in [6.07, 6.45) is 3.30. The van der Waals surface area contributed by atoms with E-state index in [1.165, 1.54) is 27.8 Å². The molecule has 5 aliphatic rings. The van der Waals surface area contributed by atoms with Gasteiger partial charge in [-0.05, 0) is 98.4 Å². The molecule has 0 amide bonds. The van der Waals surface area contributed by atoms with Gasteiger partial charge >= 0.3 is 0 Å². The molecule has 0 aliphatic carbocycles. The molecule has 5 heterocycles. The number of rotatable bonds is 1. The van der Waals surface area contributed by atoms with Crippen LogP contribution in [0.4, 0.5) is 0 Å². The lowest BCUT2D eigenvalue weighted by molar-refractivity contribution is 0.218. The van der Waals surface area contributed by atoms with Crippen molar-refractivity contribution in [3.05, 3.63) is 94.0 Å². The summed E-state index contributed by atoms with van der Waals surface area (Å²) in [5.74, 6) is 4.92. The van der Waals surface area contributed by atoms with Crippen LogP contribution < -0.4 is 18.9 Å². The second-order valence-electron chi connectivity index (χ2n) is 11.9. The Kier molecular flexibility index (Phi) is 5.88. The smallest absolute Gasteiger partial charge is 0.212 e. The van der Waals surface area contributed by atoms with Gasteiger partial charge in [-0.3, -0.25) is 9.80 Å². The van der Waals surface area contributed by atoms with Crippen LogP contribution in [-0.4, -0.2) is 49.2 Å². The molecule has 2 atom stereocenters. The van der Waals surface area contributed by atoms with Crippen LogP contribution in [0, 0.1) is 0 Å². The summed E-state index contributed by atoms with van der Waals surface area (Å²) in [5, 5.41) is 10.9. The number of likely N-dealkylation sites (N-methyl/N-ethyl adjacent to an activating group) is 2. The van der Waals surface area contributed by atoms with Crippen LogP contribution in [0.2, 0.25) is 0 Å². The molecule has 5 aliphatic heterocycles. The minimum Gasteiger partial charge on any atom is -0.504 e. The number of phenolic OH excluding ortho intramolecular Hbond substituents is 1. The first kappa shape index (κ1) is 25.5. The van der Waals surface area contributed by atoms with E-state index >= 15 is 0 Å². The maximum atomic E-state index is 10.9. The Morgan fingerprint density at radius 3 is 2.29 bits per heavy atom. The molecule has 4 aromatic carbocycles. The van der Waals surface area contributed by atoms with Crippen LogP contribution >= 0.6 is 0 Å². The number of phenols is 1. The predicted octanol–water partition coefficient (Wildman–Crippen LogP) is 6.95. The molecule has 7 heteroatoms. The fourth-order valence-electron chi connectivity index (χ4n) is 7.11. The molecule has 1 N–H and O–H groups in total. The van der Waals surface area contributed by atoms with Gasteiger partial charge < -0.3 is 24.1 Å². The number of aromatic hydroxyl groups is 1. The first-order chi connectivity index (χ1) is 20.5. The summed E-state index contributed by atoms with van der Waals surface area (Å²) >= 11 is 0. The highest BCUT2D eigenvalue weighted by Crippen LogP contribution is 2.56. The molecule has 42 heavy (non-hydrogen) atoms. The third-order valence-electron chi connectivity index (χ3n) is 9.46. The number of hydrogen-bond donors (Lipinski definition) is 1. The quantitative estimate of drug-likeness (QED) is 0.237. The first-order valence-electron chi connectivity index (χ1n) is 14.7. The number of nitrogens with zero attached hydrogens (tertiary/aromatic N) is 2. The molecule has 0 unspecified atom stereocenters. The van der Waals surface area contributed by atoms with Crippen molar-refractivity contribution in [2.75, 3.05) is 34.3 Å². The number of methoxy groups -OCH3 is 1. The van der Waals surface area contributed by atoms with Gasteiger partial charge in [-0.1, -0.05) is 24.3 Å². The van der Waals surface area contributed by atoms with E-state index in [0.29, 0.717) is 29.4 Å². The Balaban J connectivity index is 1.35. The molecule has 0 radical (unpaired) electrons. The maximum absolute atomic E-state index is 10.9. The molecule has 0 spiro atoms. The van der Waals surface area contributed by atoms with Crippen LogP contribution in [0.15, 0.2) is 60.7 Å². The number of ether oxygens (including phenoxy) is 4. The largest absolute Gasteiger partial charge is 0.504 e. The molecule has 7 nitrogen and oxygen atoms in total. The van der Waals surface area contributed by atoms with Crippen LogP contribution in [0.5, 0.6) is 46.0 Å². The van der Waals surface area contributed by atoms with E-state index in [2.05, 4.69) is 54.2 Å². The number of benzene rings is 4. The average molecular weight is 563 g/mol. The van der Waals surface area contributed by atoms with Gasteiger partial charge in [0.25, 0.3) is 0 Å². The standard InChI is InChI=1S/C35H34N2O5/c1-36-13-11-21-17-29-30-19-25(21)26(36)16-23-5-4-6-28(38)33(23)40-24-9-7-20(8-10-24)15-27-32-22(12-14-37(27)2)18-31(39-3)34(41-29)35(32)42-30/h4-10,17-19,26-27,38H,11-16H2,1-3H3/t26-,27-/m1/s1. The molecule has 4 aromatic rings. The lowest BCUT2D eigenvalue weighted by Crippen LogP contribution is -2.34. The molecule has 0 aromatic heterocycles. The molecule has 0 fully saturated rings. The average Bonchev–Trinajstić information content (AvgIpc) is 3.00. The van der Waals surface area contributed by atoms with Gasteiger partial charge in [0.05, 0.1) is 7.11 Å². The Labute approximate surface area is 245 Å². The van der Waals surface area contributed by atoms with Crippen LogP contribution in [-0.2, 0) is 25.7 Å². The third-order valence-corrected chi connectivity index (χ3v) is 9.46. The van der Waals surface area contributed by atoms with Gasteiger partial charge in [0, 0.05) is 36.3 Å². The van der Waals surface area contributed by atoms with Gasteiger partial charge in [-0.2, -0.15) is 0 Å². The summed E-state index contributed by atoms with van der Waals surface area (Å²) in [7, 11) is 6.03. The Morgan fingerprint density at radius 1 is 0.738 bits per heavy atom. The van der Waals surface area contributed by atoms with E-state index in [4.69, 9.17) is 18.9 Å². The summed E-state index contributed by atoms with van der Waals surface area (Å²) < 4.78 is 25.8. The van der Waals surface area contributed by atoms with Crippen LogP contribution in [0.3, 0.4) is 0 Å². The SMILES string of the molecule is COc1cc2c3c4c1Oc1cc5c(cc1O4)[C@@H](Cc1cccc(O)c1Oc1ccc(cc1)C[C@H]3N(C)CC2)N(C)CC5. The molecular weight excluding hydrogens is 528 g/mol. The Bertz CT molecular complexity index is 1720. The van der Waals surface area contributed by atoms with E-state index < -0.39 is 0 Å². The molecule has 0 saturated carbocycles. The maximum Gasteiger partial charge on any atom is 0.212 e.